The van der Waals surface area contributed by atoms with Crippen LogP contribution in [0.4, 0.5) is 10.5 Å². The molecule has 9 heteroatoms. The van der Waals surface area contributed by atoms with Crippen molar-refractivity contribution in [1.82, 2.24) is 14.5 Å². The maximum atomic E-state index is 13.5. The lowest BCUT2D eigenvalue weighted by molar-refractivity contribution is 0.0614. The summed E-state index contributed by atoms with van der Waals surface area (Å²) >= 11 is 0. The molecule has 2 atom stereocenters. The monoisotopic (exact) mass is 444 g/mol. The first-order valence-electron chi connectivity index (χ1n) is 10.8. The molecule has 9 nitrogen and oxygen atoms in total. The Bertz CT molecular complexity index is 1040. The third-order valence-electron chi connectivity index (χ3n) is 5.75. The van der Waals surface area contributed by atoms with Crippen molar-refractivity contribution in [2.75, 3.05) is 39.2 Å². The molecule has 32 heavy (non-hydrogen) atoms. The largest absolute Gasteiger partial charge is 0.497 e. The van der Waals surface area contributed by atoms with E-state index in [-0.39, 0.29) is 17.7 Å². The molecule has 174 valence electrons. The number of nitrogens with zero attached hydrogens (tertiary/aromatic N) is 3. The number of carbonyl (C=O) groups is 1. The van der Waals surface area contributed by atoms with Gasteiger partial charge in [0.05, 0.1) is 38.6 Å². The van der Waals surface area contributed by atoms with Gasteiger partial charge in [-0.15, -0.1) is 0 Å². The lowest BCUT2D eigenvalue weighted by Crippen LogP contribution is -2.38. The number of aryl methyl sites for hydroxylation is 2. The van der Waals surface area contributed by atoms with Gasteiger partial charge in [-0.25, -0.2) is 9.78 Å². The second-order valence-electron chi connectivity index (χ2n) is 7.75. The highest BCUT2D eigenvalue weighted by Crippen LogP contribution is 2.27. The fourth-order valence-corrected chi connectivity index (χ4v) is 4.10. The lowest BCUT2D eigenvalue weighted by atomic mass is 10.1. The Morgan fingerprint density at radius 3 is 2.56 bits per heavy atom. The fraction of sp³-hybridized carbons (Fsp3) is 0.522. The topological polar surface area (TPSA) is 94.9 Å². The summed E-state index contributed by atoms with van der Waals surface area (Å²) in [4.78, 5) is 31.8. The molecule has 1 amide bonds. The van der Waals surface area contributed by atoms with Crippen molar-refractivity contribution in [2.45, 2.75) is 46.4 Å². The van der Waals surface area contributed by atoms with E-state index in [2.05, 4.69) is 5.32 Å². The molecular formula is C23H32N4O5. The third kappa shape index (κ3) is 4.57. The number of methoxy groups -OCH3 is 2. The van der Waals surface area contributed by atoms with E-state index in [4.69, 9.17) is 19.2 Å². The second kappa shape index (κ2) is 10.0. The van der Waals surface area contributed by atoms with Crippen molar-refractivity contribution in [3.05, 3.63) is 39.8 Å². The van der Waals surface area contributed by atoms with Gasteiger partial charge in [0.2, 0.25) is 0 Å². The quantitative estimate of drug-likeness (QED) is 0.702. The van der Waals surface area contributed by atoms with Crippen LogP contribution in [0.15, 0.2) is 23.0 Å². The fourth-order valence-electron chi connectivity index (χ4n) is 4.10. The Labute approximate surface area is 188 Å². The normalized spacial score (nSPS) is 18.0. The number of nitrogens with one attached hydrogen (secondary N) is 1. The zero-order valence-electron chi connectivity index (χ0n) is 19.6. The predicted molar refractivity (Wildman–Crippen MR) is 122 cm³/mol. The third-order valence-corrected chi connectivity index (χ3v) is 5.75. The molecule has 0 bridgehead atoms. The number of aromatic nitrogens is 2. The van der Waals surface area contributed by atoms with Gasteiger partial charge in [0.1, 0.15) is 17.3 Å². The van der Waals surface area contributed by atoms with Crippen LogP contribution in [0.25, 0.3) is 11.4 Å². The molecule has 2 unspecified atom stereocenters. The van der Waals surface area contributed by atoms with Crippen molar-refractivity contribution in [3.8, 4) is 17.1 Å². The van der Waals surface area contributed by atoms with Crippen molar-refractivity contribution in [3.63, 3.8) is 0 Å². The Morgan fingerprint density at radius 1 is 1.22 bits per heavy atom. The highest BCUT2D eigenvalue weighted by atomic mass is 16.5. The summed E-state index contributed by atoms with van der Waals surface area (Å²) in [7, 11) is 2.98. The molecule has 1 fully saturated rings. The van der Waals surface area contributed by atoms with Crippen LogP contribution in [0, 0.1) is 13.8 Å². The number of likely N-dealkylation sites (tertiary alicyclic amines) is 1. The average molecular weight is 445 g/mol. The molecule has 3 rings (SSSR count). The van der Waals surface area contributed by atoms with Gasteiger partial charge in [0.25, 0.3) is 5.56 Å². The summed E-state index contributed by atoms with van der Waals surface area (Å²) in [6.45, 7) is 9.35. The maximum absolute atomic E-state index is 13.5. The van der Waals surface area contributed by atoms with Crippen LogP contribution in [0.5, 0.6) is 5.75 Å². The molecule has 2 aromatic rings. The van der Waals surface area contributed by atoms with Gasteiger partial charge in [0.15, 0.2) is 0 Å². The van der Waals surface area contributed by atoms with Gasteiger partial charge in [-0.3, -0.25) is 9.36 Å². The van der Waals surface area contributed by atoms with E-state index in [0.29, 0.717) is 43.4 Å². The van der Waals surface area contributed by atoms with E-state index in [1.165, 1.54) is 7.11 Å². The Balaban J connectivity index is 1.98. The SMILES string of the molecule is CCOC1CN(C(=O)OC)CC1Nc1c(C)nc(-c2ccc(OC)cc2C)n(CC)c1=O. The van der Waals surface area contributed by atoms with E-state index < -0.39 is 6.09 Å². The molecule has 1 aliphatic rings. The number of rotatable bonds is 7. The minimum atomic E-state index is -0.412. The van der Waals surface area contributed by atoms with E-state index in [0.717, 1.165) is 16.9 Å². The summed E-state index contributed by atoms with van der Waals surface area (Å²) in [5.74, 6) is 1.37. The number of anilines is 1. The molecule has 0 saturated carbocycles. The van der Waals surface area contributed by atoms with Crippen LogP contribution in [0.1, 0.15) is 25.1 Å². The van der Waals surface area contributed by atoms with Crippen molar-refractivity contribution < 1.29 is 19.0 Å². The summed E-state index contributed by atoms with van der Waals surface area (Å²) in [6, 6.07) is 5.46. The molecule has 0 spiro atoms. The van der Waals surface area contributed by atoms with Gasteiger partial charge in [0, 0.05) is 25.3 Å². The Kier molecular flexibility index (Phi) is 7.40. The van der Waals surface area contributed by atoms with E-state index >= 15 is 0 Å². The summed E-state index contributed by atoms with van der Waals surface area (Å²) in [5, 5.41) is 3.32. The van der Waals surface area contributed by atoms with Crippen LogP contribution in [-0.2, 0) is 16.0 Å². The molecule has 1 aliphatic heterocycles. The molecule has 1 aromatic carbocycles. The van der Waals surface area contributed by atoms with E-state index in [1.807, 2.05) is 45.9 Å². The minimum absolute atomic E-state index is 0.156. The van der Waals surface area contributed by atoms with E-state index in [9.17, 15) is 9.59 Å². The first-order valence-corrected chi connectivity index (χ1v) is 10.8. The molecule has 0 aliphatic carbocycles. The minimum Gasteiger partial charge on any atom is -0.497 e. The second-order valence-corrected chi connectivity index (χ2v) is 7.75. The molecule has 1 saturated heterocycles. The zero-order chi connectivity index (χ0) is 23.4. The van der Waals surface area contributed by atoms with Crippen LogP contribution in [-0.4, -0.2) is 66.6 Å². The highest BCUT2D eigenvalue weighted by Gasteiger charge is 2.37. The Morgan fingerprint density at radius 2 is 1.97 bits per heavy atom. The number of carbonyl (C=O) groups excluding carboxylic acids is 1. The lowest BCUT2D eigenvalue weighted by Gasteiger charge is -2.22. The van der Waals surface area contributed by atoms with Gasteiger partial charge in [-0.2, -0.15) is 0 Å². The zero-order valence-corrected chi connectivity index (χ0v) is 19.6. The highest BCUT2D eigenvalue weighted by molar-refractivity contribution is 5.68. The first-order chi connectivity index (χ1) is 15.3. The van der Waals surface area contributed by atoms with Crippen molar-refractivity contribution >= 4 is 11.8 Å². The van der Waals surface area contributed by atoms with Gasteiger partial charge in [-0.05, 0) is 51.5 Å². The van der Waals surface area contributed by atoms with E-state index in [1.54, 1.807) is 16.6 Å². The standard InChI is InChI=1S/C23H32N4O5/c1-7-27-21(17-10-9-16(30-5)11-14(17)3)24-15(4)20(22(27)28)25-18-12-26(23(29)31-6)13-19(18)32-8-2/h9-11,18-19,25H,7-8,12-13H2,1-6H3. The summed E-state index contributed by atoms with van der Waals surface area (Å²) < 4.78 is 17.6. The maximum Gasteiger partial charge on any atom is 0.409 e. The van der Waals surface area contributed by atoms with Crippen LogP contribution >= 0.6 is 0 Å². The molecule has 2 heterocycles. The number of amides is 1. The van der Waals surface area contributed by atoms with Crippen LogP contribution < -0.4 is 15.6 Å². The van der Waals surface area contributed by atoms with Gasteiger partial charge >= 0.3 is 6.09 Å². The van der Waals surface area contributed by atoms with Crippen LogP contribution in [0.3, 0.4) is 0 Å². The smallest absolute Gasteiger partial charge is 0.409 e. The first kappa shape index (κ1) is 23.6. The summed E-state index contributed by atoms with van der Waals surface area (Å²) in [6.07, 6.45) is -0.665. The number of hydrogen-bond donors (Lipinski definition) is 1. The molecular weight excluding hydrogens is 412 g/mol. The van der Waals surface area contributed by atoms with Crippen molar-refractivity contribution in [1.29, 1.82) is 0 Å². The van der Waals surface area contributed by atoms with Crippen molar-refractivity contribution in [2.24, 2.45) is 0 Å². The average Bonchev–Trinajstić information content (AvgIpc) is 3.18. The number of ether oxygens (including phenoxy) is 3. The number of hydrogen-bond acceptors (Lipinski definition) is 7. The molecule has 1 N–H and O–H groups in total. The van der Waals surface area contributed by atoms with Gasteiger partial charge < -0.3 is 24.4 Å². The van der Waals surface area contributed by atoms with Gasteiger partial charge in [-0.1, -0.05) is 0 Å². The number of benzene rings is 1. The predicted octanol–water partition coefficient (Wildman–Crippen LogP) is 2.82. The van der Waals surface area contributed by atoms with Crippen LogP contribution in [0.2, 0.25) is 0 Å². The molecule has 1 aromatic heterocycles. The summed E-state index contributed by atoms with van der Waals surface area (Å²) in [5.41, 5.74) is 2.71. The molecule has 0 radical (unpaired) electrons. The Hall–Kier alpha value is -3.07.